The van der Waals surface area contributed by atoms with Crippen LogP contribution in [0.2, 0.25) is 0 Å². The highest BCUT2D eigenvalue weighted by Crippen LogP contribution is 2.70. The van der Waals surface area contributed by atoms with Gasteiger partial charge in [-0.15, -0.1) is 0 Å². The van der Waals surface area contributed by atoms with E-state index in [1.807, 2.05) is 0 Å². The Kier molecular flexibility index (Phi) is 3.74. The number of ether oxygens (including phenoxy) is 4. The zero-order valence-electron chi connectivity index (χ0n) is 17.1. The van der Waals surface area contributed by atoms with E-state index in [9.17, 15) is 0 Å². The Labute approximate surface area is 163 Å². The quantitative estimate of drug-likeness (QED) is 0.623. The molecule has 0 bridgehead atoms. The molecule has 0 radical (unpaired) electrons. The minimum atomic E-state index is -0.331. The zero-order chi connectivity index (χ0) is 18.3. The monoisotopic (exact) mass is 376 g/mol. The predicted octanol–water partition coefficient (Wildman–Crippen LogP) is 4.52. The van der Waals surface area contributed by atoms with E-state index < -0.39 is 0 Å². The van der Waals surface area contributed by atoms with Crippen LogP contribution >= 0.6 is 0 Å². The molecule has 2 heterocycles. The van der Waals surface area contributed by atoms with Crippen molar-refractivity contribution in [2.24, 2.45) is 34.5 Å². The van der Waals surface area contributed by atoms with Gasteiger partial charge < -0.3 is 18.9 Å². The van der Waals surface area contributed by atoms with E-state index in [2.05, 4.69) is 13.8 Å². The van der Waals surface area contributed by atoms with Crippen LogP contribution in [0.3, 0.4) is 0 Å². The third-order valence-corrected chi connectivity index (χ3v) is 10.1. The number of fused-ring (bicyclic) bond motifs is 6. The van der Waals surface area contributed by atoms with Gasteiger partial charge in [-0.25, -0.2) is 0 Å². The fraction of sp³-hybridized carbons (Fsp3) is 1.00. The Morgan fingerprint density at radius 3 is 2.22 bits per heavy atom. The van der Waals surface area contributed by atoms with Crippen molar-refractivity contribution in [2.75, 3.05) is 26.4 Å². The summed E-state index contributed by atoms with van der Waals surface area (Å²) in [5.74, 6) is 2.03. The van der Waals surface area contributed by atoms with Gasteiger partial charge in [0.1, 0.15) is 0 Å². The molecule has 152 valence electrons. The summed E-state index contributed by atoms with van der Waals surface area (Å²) >= 11 is 0. The zero-order valence-corrected chi connectivity index (χ0v) is 17.1. The minimum absolute atomic E-state index is 0.312. The van der Waals surface area contributed by atoms with Gasteiger partial charge in [0.25, 0.3) is 0 Å². The van der Waals surface area contributed by atoms with Crippen molar-refractivity contribution in [3.63, 3.8) is 0 Å². The van der Waals surface area contributed by atoms with E-state index in [4.69, 9.17) is 18.9 Å². The van der Waals surface area contributed by atoms with E-state index in [1.165, 1.54) is 38.5 Å². The van der Waals surface area contributed by atoms with Crippen LogP contribution < -0.4 is 0 Å². The smallest absolute Gasteiger partial charge is 0.172 e. The largest absolute Gasteiger partial charge is 0.348 e. The summed E-state index contributed by atoms with van der Waals surface area (Å²) in [6, 6.07) is 0. The lowest BCUT2D eigenvalue weighted by Gasteiger charge is -2.65. The van der Waals surface area contributed by atoms with Crippen molar-refractivity contribution in [3.8, 4) is 0 Å². The molecular weight excluding hydrogens is 340 g/mol. The Morgan fingerprint density at radius 1 is 0.704 bits per heavy atom. The molecule has 0 unspecified atom stereocenters. The summed E-state index contributed by atoms with van der Waals surface area (Å²) in [5.41, 5.74) is 0.899. The highest BCUT2D eigenvalue weighted by molar-refractivity contribution is 5.14. The average Bonchev–Trinajstić information content (AvgIpc) is 3.37. The topological polar surface area (TPSA) is 36.9 Å². The van der Waals surface area contributed by atoms with Crippen molar-refractivity contribution >= 4 is 0 Å². The van der Waals surface area contributed by atoms with Gasteiger partial charge in [0.2, 0.25) is 0 Å². The molecule has 6 aliphatic rings. The van der Waals surface area contributed by atoms with Crippen LogP contribution in [0.5, 0.6) is 0 Å². The number of rotatable bonds is 0. The second-order valence-electron chi connectivity index (χ2n) is 11.1. The molecule has 6 rings (SSSR count). The van der Waals surface area contributed by atoms with Crippen molar-refractivity contribution < 1.29 is 18.9 Å². The molecule has 0 aromatic heterocycles. The third-order valence-electron chi connectivity index (χ3n) is 10.1. The fourth-order valence-corrected chi connectivity index (χ4v) is 8.67. The van der Waals surface area contributed by atoms with Crippen LogP contribution in [0.25, 0.3) is 0 Å². The summed E-state index contributed by atoms with van der Waals surface area (Å²) in [4.78, 5) is 0. The molecule has 2 aliphatic heterocycles. The summed E-state index contributed by atoms with van der Waals surface area (Å²) in [6.45, 7) is 8.22. The van der Waals surface area contributed by atoms with Gasteiger partial charge in [-0.3, -0.25) is 0 Å². The second-order valence-corrected chi connectivity index (χ2v) is 11.1. The molecule has 0 aromatic carbocycles. The van der Waals surface area contributed by atoms with Gasteiger partial charge in [-0.05, 0) is 60.7 Å². The summed E-state index contributed by atoms with van der Waals surface area (Å²) in [7, 11) is 0. The van der Waals surface area contributed by atoms with Gasteiger partial charge in [0.15, 0.2) is 11.6 Å². The van der Waals surface area contributed by atoms with Crippen LogP contribution in [0.15, 0.2) is 0 Å². The van der Waals surface area contributed by atoms with Crippen molar-refractivity contribution in [3.05, 3.63) is 0 Å². The van der Waals surface area contributed by atoms with Crippen LogP contribution in [-0.2, 0) is 18.9 Å². The van der Waals surface area contributed by atoms with E-state index in [1.54, 1.807) is 0 Å². The van der Waals surface area contributed by atoms with Gasteiger partial charge in [0, 0.05) is 25.2 Å². The maximum absolute atomic E-state index is 6.55. The lowest BCUT2D eigenvalue weighted by atomic mass is 9.43. The normalized spacial score (nSPS) is 52.7. The molecule has 27 heavy (non-hydrogen) atoms. The molecule has 4 heteroatoms. The van der Waals surface area contributed by atoms with Crippen LogP contribution in [0, 0.1) is 34.5 Å². The van der Waals surface area contributed by atoms with Crippen molar-refractivity contribution in [1.82, 2.24) is 0 Å². The average molecular weight is 377 g/mol. The maximum atomic E-state index is 6.55. The lowest BCUT2D eigenvalue weighted by Crippen LogP contribution is -2.64. The summed E-state index contributed by atoms with van der Waals surface area (Å²) in [6.07, 6.45) is 11.3. The Balaban J connectivity index is 1.40. The first-order valence-electron chi connectivity index (χ1n) is 11.5. The molecule has 0 N–H and O–H groups in total. The maximum Gasteiger partial charge on any atom is 0.172 e. The number of hydrogen-bond acceptors (Lipinski definition) is 4. The molecule has 4 nitrogen and oxygen atoms in total. The standard InChI is InChI=1S/C23H36O4/c1-20-6-3-4-17(20)19-18(5-7-20)21(2)8-9-22(24-10-11-25-22)14-16(21)15-23(19)26-12-13-27-23/h16-19H,3-15H2,1-2H3/t16-,17+,18+,19+,20+,21+/m1/s1. The first kappa shape index (κ1) is 17.7. The first-order chi connectivity index (χ1) is 13.0. The highest BCUT2D eigenvalue weighted by Gasteiger charge is 2.68. The van der Waals surface area contributed by atoms with Crippen LogP contribution in [-0.4, -0.2) is 38.0 Å². The fourth-order valence-electron chi connectivity index (χ4n) is 8.67. The molecule has 4 aliphatic carbocycles. The third kappa shape index (κ3) is 2.30. The van der Waals surface area contributed by atoms with Crippen molar-refractivity contribution in [2.45, 2.75) is 83.2 Å². The molecule has 6 atom stereocenters. The van der Waals surface area contributed by atoms with E-state index in [-0.39, 0.29) is 11.6 Å². The van der Waals surface area contributed by atoms with Gasteiger partial charge in [0.05, 0.1) is 26.4 Å². The molecule has 6 fully saturated rings. The van der Waals surface area contributed by atoms with Gasteiger partial charge in [-0.2, -0.15) is 0 Å². The Bertz CT molecular complexity index is 607. The highest BCUT2D eigenvalue weighted by atomic mass is 16.7. The molecular formula is C23H36O4. The van der Waals surface area contributed by atoms with Crippen molar-refractivity contribution in [1.29, 1.82) is 0 Å². The Morgan fingerprint density at radius 2 is 1.44 bits per heavy atom. The molecule has 0 amide bonds. The van der Waals surface area contributed by atoms with E-state index in [0.717, 1.165) is 57.5 Å². The first-order valence-corrected chi connectivity index (χ1v) is 11.5. The van der Waals surface area contributed by atoms with Crippen LogP contribution in [0.4, 0.5) is 0 Å². The Hall–Kier alpha value is -0.160. The molecule has 0 aromatic rings. The summed E-state index contributed by atoms with van der Waals surface area (Å²) < 4.78 is 25.4. The number of hydrogen-bond donors (Lipinski definition) is 0. The molecule has 2 saturated heterocycles. The molecule has 4 saturated carbocycles. The summed E-state index contributed by atoms with van der Waals surface area (Å²) in [5, 5.41) is 0. The minimum Gasteiger partial charge on any atom is -0.348 e. The lowest BCUT2D eigenvalue weighted by molar-refractivity contribution is -0.314. The second kappa shape index (κ2) is 5.71. The van der Waals surface area contributed by atoms with E-state index in [0.29, 0.717) is 22.7 Å². The van der Waals surface area contributed by atoms with Gasteiger partial charge in [-0.1, -0.05) is 20.3 Å². The van der Waals surface area contributed by atoms with Gasteiger partial charge >= 0.3 is 0 Å². The predicted molar refractivity (Wildman–Crippen MR) is 101 cm³/mol. The van der Waals surface area contributed by atoms with Crippen LogP contribution in [0.1, 0.15) is 71.6 Å². The SMILES string of the molecule is C[C@@]12CCC[C@H]1[C@H]1[C@H](CC2)[C@@]2(C)CCC3(C[C@@H]2CC12OCCO2)OCCO3. The molecule has 2 spiro atoms. The van der Waals surface area contributed by atoms with E-state index >= 15 is 0 Å².